The average molecular weight is 408 g/mol. The Bertz CT molecular complexity index is 994. The van der Waals surface area contributed by atoms with Gasteiger partial charge in [0.1, 0.15) is 11.6 Å². The summed E-state index contributed by atoms with van der Waals surface area (Å²) in [7, 11) is 0. The van der Waals surface area contributed by atoms with Crippen LogP contribution in [0.2, 0.25) is 0 Å². The fourth-order valence-corrected chi connectivity index (χ4v) is 3.70. The molecule has 1 amide bonds. The number of hydrogen-bond donors (Lipinski definition) is 2. The number of ether oxygens (including phenoxy) is 1. The van der Waals surface area contributed by atoms with Crippen LogP contribution in [0.4, 0.5) is 10.2 Å². The van der Waals surface area contributed by atoms with E-state index in [-0.39, 0.29) is 17.8 Å². The minimum atomic E-state index is -0.258. The summed E-state index contributed by atoms with van der Waals surface area (Å²) in [5, 5.41) is 10.6. The number of anilines is 1. The van der Waals surface area contributed by atoms with Gasteiger partial charge in [0.2, 0.25) is 0 Å². The molecule has 0 bridgehead atoms. The zero-order chi connectivity index (χ0) is 20.9. The molecule has 1 saturated heterocycles. The Hall–Kier alpha value is -3.35. The number of carbonyl (C=O) groups excluding carboxylic acids is 1. The number of nitrogens with one attached hydrogen (secondary N) is 2. The molecule has 2 N–H and O–H groups in total. The van der Waals surface area contributed by atoms with E-state index < -0.39 is 0 Å². The van der Waals surface area contributed by atoms with E-state index in [9.17, 15) is 9.18 Å². The van der Waals surface area contributed by atoms with E-state index in [0.29, 0.717) is 17.9 Å². The normalized spacial score (nSPS) is 14.5. The van der Waals surface area contributed by atoms with Crippen molar-refractivity contribution < 1.29 is 13.9 Å². The first-order chi connectivity index (χ1) is 14.6. The molecule has 0 saturated carbocycles. The lowest BCUT2D eigenvalue weighted by Gasteiger charge is -2.32. The second kappa shape index (κ2) is 8.98. The molecule has 0 aliphatic carbocycles. The summed E-state index contributed by atoms with van der Waals surface area (Å²) in [4.78, 5) is 14.9. The summed E-state index contributed by atoms with van der Waals surface area (Å²) in [5.74, 6) is 1.11. The van der Waals surface area contributed by atoms with E-state index in [1.54, 1.807) is 18.2 Å². The number of H-pyrrole nitrogens is 1. The fraction of sp³-hybridized carbons (Fsp3) is 0.304. The highest BCUT2D eigenvalue weighted by atomic mass is 19.1. The van der Waals surface area contributed by atoms with Gasteiger partial charge in [-0.3, -0.25) is 9.89 Å². The Kier molecular flexibility index (Phi) is 5.97. The number of benzene rings is 2. The highest BCUT2D eigenvalue weighted by Crippen LogP contribution is 2.25. The molecule has 0 unspecified atom stereocenters. The van der Waals surface area contributed by atoms with Crippen LogP contribution in [0.5, 0.6) is 5.75 Å². The van der Waals surface area contributed by atoms with Crippen LogP contribution in [-0.2, 0) is 0 Å². The molecule has 3 aromatic rings. The molecule has 0 spiro atoms. The van der Waals surface area contributed by atoms with E-state index in [1.165, 1.54) is 12.1 Å². The Morgan fingerprint density at radius 2 is 1.93 bits per heavy atom. The number of para-hydroxylation sites is 1. The Balaban J connectivity index is 1.34. The minimum absolute atomic E-state index is 0.101. The van der Waals surface area contributed by atoms with Gasteiger partial charge in [-0.05, 0) is 61.7 Å². The van der Waals surface area contributed by atoms with Crippen LogP contribution >= 0.6 is 0 Å². The topological polar surface area (TPSA) is 70.2 Å². The predicted octanol–water partition coefficient (Wildman–Crippen LogP) is 4.01. The smallest absolute Gasteiger partial charge is 0.255 e. The van der Waals surface area contributed by atoms with Crippen LogP contribution in [-0.4, -0.2) is 41.8 Å². The highest BCUT2D eigenvalue weighted by Gasteiger charge is 2.23. The van der Waals surface area contributed by atoms with Gasteiger partial charge in [0.15, 0.2) is 5.82 Å². The summed E-state index contributed by atoms with van der Waals surface area (Å²) in [5.41, 5.74) is 2.32. The standard InChI is InChI=1S/C23H25FN4O2/c1-2-30-21-6-4-3-5-19(21)23(29)25-18-11-13-28(14-12-18)22-15-20(26-27-22)16-7-9-17(24)10-8-16/h3-10,15,18H,2,11-14H2,1H3,(H,25,29)(H,26,27). The third-order valence-corrected chi connectivity index (χ3v) is 5.31. The number of carbonyl (C=O) groups is 1. The maximum Gasteiger partial charge on any atom is 0.255 e. The lowest BCUT2D eigenvalue weighted by atomic mass is 10.0. The van der Waals surface area contributed by atoms with Crippen LogP contribution in [0, 0.1) is 5.82 Å². The molecule has 2 aromatic carbocycles. The molecule has 1 fully saturated rings. The molecule has 6 nitrogen and oxygen atoms in total. The summed E-state index contributed by atoms with van der Waals surface area (Å²) in [6, 6.07) is 15.7. The van der Waals surface area contributed by atoms with Crippen molar-refractivity contribution in [2.45, 2.75) is 25.8 Å². The van der Waals surface area contributed by atoms with Crippen molar-refractivity contribution in [3.8, 4) is 17.0 Å². The van der Waals surface area contributed by atoms with E-state index in [0.717, 1.165) is 43.0 Å². The number of amides is 1. The van der Waals surface area contributed by atoms with Crippen molar-refractivity contribution in [1.29, 1.82) is 0 Å². The Morgan fingerprint density at radius 3 is 2.67 bits per heavy atom. The van der Waals surface area contributed by atoms with Crippen molar-refractivity contribution in [2.24, 2.45) is 0 Å². The van der Waals surface area contributed by atoms with Gasteiger partial charge >= 0.3 is 0 Å². The van der Waals surface area contributed by atoms with Gasteiger partial charge in [-0.15, -0.1) is 0 Å². The monoisotopic (exact) mass is 408 g/mol. The van der Waals surface area contributed by atoms with Gasteiger partial charge in [0.25, 0.3) is 5.91 Å². The summed E-state index contributed by atoms with van der Waals surface area (Å²) in [6.45, 7) is 4.02. The van der Waals surface area contributed by atoms with Crippen molar-refractivity contribution >= 4 is 11.7 Å². The number of piperidine rings is 1. The Morgan fingerprint density at radius 1 is 1.20 bits per heavy atom. The molecule has 30 heavy (non-hydrogen) atoms. The molecular formula is C23H25FN4O2. The van der Waals surface area contributed by atoms with Crippen molar-refractivity contribution in [2.75, 3.05) is 24.6 Å². The van der Waals surface area contributed by atoms with Crippen LogP contribution in [0.1, 0.15) is 30.1 Å². The summed E-state index contributed by atoms with van der Waals surface area (Å²) in [6.07, 6.45) is 1.67. The summed E-state index contributed by atoms with van der Waals surface area (Å²) < 4.78 is 18.7. The molecule has 0 radical (unpaired) electrons. The number of rotatable bonds is 6. The molecule has 7 heteroatoms. The van der Waals surface area contributed by atoms with Gasteiger partial charge in [-0.2, -0.15) is 5.10 Å². The molecule has 4 rings (SSSR count). The van der Waals surface area contributed by atoms with Crippen LogP contribution in [0.15, 0.2) is 54.6 Å². The van der Waals surface area contributed by atoms with Gasteiger partial charge in [-0.1, -0.05) is 12.1 Å². The third kappa shape index (κ3) is 4.45. The van der Waals surface area contributed by atoms with Gasteiger partial charge in [0, 0.05) is 25.2 Å². The predicted molar refractivity (Wildman–Crippen MR) is 114 cm³/mol. The largest absolute Gasteiger partial charge is 0.493 e. The van der Waals surface area contributed by atoms with Crippen LogP contribution < -0.4 is 15.0 Å². The van der Waals surface area contributed by atoms with E-state index in [1.807, 2.05) is 31.2 Å². The van der Waals surface area contributed by atoms with E-state index >= 15 is 0 Å². The van der Waals surface area contributed by atoms with Crippen molar-refractivity contribution in [1.82, 2.24) is 15.5 Å². The number of aromatic amines is 1. The molecule has 156 valence electrons. The average Bonchev–Trinajstić information content (AvgIpc) is 3.26. The van der Waals surface area contributed by atoms with Crippen molar-refractivity contribution in [3.63, 3.8) is 0 Å². The number of halogens is 1. The first-order valence-corrected chi connectivity index (χ1v) is 10.2. The lowest BCUT2D eigenvalue weighted by Crippen LogP contribution is -2.44. The second-order valence-electron chi connectivity index (χ2n) is 7.31. The van der Waals surface area contributed by atoms with E-state index in [2.05, 4.69) is 20.4 Å². The van der Waals surface area contributed by atoms with Crippen LogP contribution in [0.25, 0.3) is 11.3 Å². The van der Waals surface area contributed by atoms with Crippen molar-refractivity contribution in [3.05, 3.63) is 66.0 Å². The molecule has 2 heterocycles. The zero-order valence-corrected chi connectivity index (χ0v) is 16.9. The molecule has 1 aliphatic heterocycles. The fourth-order valence-electron chi connectivity index (χ4n) is 3.70. The zero-order valence-electron chi connectivity index (χ0n) is 16.9. The maximum absolute atomic E-state index is 13.1. The maximum atomic E-state index is 13.1. The van der Waals surface area contributed by atoms with E-state index in [4.69, 9.17) is 4.74 Å². The summed E-state index contributed by atoms with van der Waals surface area (Å²) >= 11 is 0. The molecule has 1 aliphatic rings. The SMILES string of the molecule is CCOc1ccccc1C(=O)NC1CCN(c2cc(-c3ccc(F)cc3)[nH]n2)CC1. The van der Waals surface area contributed by atoms with Gasteiger partial charge in [-0.25, -0.2) is 4.39 Å². The molecule has 0 atom stereocenters. The Labute approximate surface area is 175 Å². The highest BCUT2D eigenvalue weighted by molar-refractivity contribution is 5.97. The molecular weight excluding hydrogens is 383 g/mol. The van der Waals surface area contributed by atoms with Gasteiger partial charge in [0.05, 0.1) is 17.9 Å². The van der Waals surface area contributed by atoms with Crippen LogP contribution in [0.3, 0.4) is 0 Å². The third-order valence-electron chi connectivity index (χ3n) is 5.31. The van der Waals surface area contributed by atoms with Gasteiger partial charge < -0.3 is 15.0 Å². The first-order valence-electron chi connectivity index (χ1n) is 10.2. The lowest BCUT2D eigenvalue weighted by molar-refractivity contribution is 0.0927. The quantitative estimate of drug-likeness (QED) is 0.647. The second-order valence-corrected chi connectivity index (χ2v) is 7.31. The minimum Gasteiger partial charge on any atom is -0.493 e. The number of nitrogens with zero attached hydrogens (tertiary/aromatic N) is 2. The first kappa shape index (κ1) is 19.9. The number of hydrogen-bond acceptors (Lipinski definition) is 4. The molecule has 1 aromatic heterocycles. The number of aromatic nitrogens is 2.